The Morgan fingerprint density at radius 3 is 3.00 bits per heavy atom. The fourth-order valence-electron chi connectivity index (χ4n) is 1.41. The minimum absolute atomic E-state index is 0.329. The monoisotopic (exact) mass is 313 g/mol. The van der Waals surface area contributed by atoms with E-state index < -0.39 is 0 Å². The van der Waals surface area contributed by atoms with Crippen LogP contribution in [0.25, 0.3) is 10.9 Å². The molecule has 2 rings (SSSR count). The quantitative estimate of drug-likeness (QED) is 0.600. The summed E-state index contributed by atoms with van der Waals surface area (Å²) in [7, 11) is 1.38. The lowest BCUT2D eigenvalue weighted by Gasteiger charge is -2.04. The van der Waals surface area contributed by atoms with E-state index in [2.05, 4.69) is 27.6 Å². The number of rotatable bonds is 1. The topological polar surface area (TPSA) is 39.2 Å². The third-order valence-electron chi connectivity index (χ3n) is 2.10. The highest BCUT2D eigenvalue weighted by Gasteiger charge is 2.10. The van der Waals surface area contributed by atoms with Crippen LogP contribution < -0.4 is 0 Å². The summed E-state index contributed by atoms with van der Waals surface area (Å²) < 4.78 is 5.71. The first kappa shape index (κ1) is 10.4. The van der Waals surface area contributed by atoms with Crippen LogP contribution in [0, 0.1) is 3.57 Å². The van der Waals surface area contributed by atoms with E-state index in [0.717, 1.165) is 14.5 Å². The molecule has 0 radical (unpaired) electrons. The average molecular weight is 313 g/mol. The summed E-state index contributed by atoms with van der Waals surface area (Å²) in [6.07, 6.45) is 1.77. The Morgan fingerprint density at radius 2 is 2.27 bits per heavy atom. The molecule has 0 saturated heterocycles. The molecule has 1 aromatic carbocycles. The molecule has 2 aromatic rings. The molecule has 76 valence electrons. The van der Waals surface area contributed by atoms with Crippen molar-refractivity contribution in [1.82, 2.24) is 4.98 Å². The highest BCUT2D eigenvalue weighted by atomic mass is 127. The van der Waals surface area contributed by atoms with Crippen molar-refractivity contribution in [2.45, 2.75) is 0 Å². The fourth-order valence-corrected chi connectivity index (χ4v) is 1.86. The molecule has 0 aliphatic heterocycles. The maximum absolute atomic E-state index is 11.5. The summed E-state index contributed by atoms with van der Waals surface area (Å²) in [4.78, 5) is 15.7. The van der Waals surface area contributed by atoms with Crippen molar-refractivity contribution < 1.29 is 9.53 Å². The number of esters is 1. The van der Waals surface area contributed by atoms with Gasteiger partial charge in [0.25, 0.3) is 0 Å². The van der Waals surface area contributed by atoms with Crippen LogP contribution in [0.3, 0.4) is 0 Å². The summed E-state index contributed by atoms with van der Waals surface area (Å²) in [5, 5.41) is 0.830. The lowest BCUT2D eigenvalue weighted by atomic mass is 10.1. The molecule has 0 spiro atoms. The second-order valence-electron chi connectivity index (χ2n) is 3.02. The summed E-state index contributed by atoms with van der Waals surface area (Å²) in [6, 6.07) is 7.34. The molecule has 0 aliphatic carbocycles. The third-order valence-corrected chi connectivity index (χ3v) is 2.69. The number of carbonyl (C=O) groups is 1. The molecule has 0 bridgehead atoms. The van der Waals surface area contributed by atoms with E-state index in [4.69, 9.17) is 4.74 Å². The largest absolute Gasteiger partial charge is 0.465 e. The molecule has 0 saturated carbocycles. The van der Waals surface area contributed by atoms with Crippen molar-refractivity contribution in [2.24, 2.45) is 0 Å². The van der Waals surface area contributed by atoms with E-state index in [1.807, 2.05) is 12.1 Å². The van der Waals surface area contributed by atoms with Gasteiger partial charge in [-0.3, -0.25) is 4.98 Å². The van der Waals surface area contributed by atoms with Crippen LogP contribution in [0.4, 0.5) is 0 Å². The van der Waals surface area contributed by atoms with Crippen molar-refractivity contribution in [3.8, 4) is 0 Å². The number of halogens is 1. The number of benzene rings is 1. The Hall–Kier alpha value is -1.17. The van der Waals surface area contributed by atoms with E-state index >= 15 is 0 Å². The Labute approximate surface area is 101 Å². The number of pyridine rings is 1. The van der Waals surface area contributed by atoms with Crippen LogP contribution in [0.5, 0.6) is 0 Å². The fraction of sp³-hybridized carbons (Fsp3) is 0.0909. The highest BCUT2D eigenvalue weighted by molar-refractivity contribution is 14.1. The van der Waals surface area contributed by atoms with Gasteiger partial charge in [-0.05, 0) is 40.8 Å². The van der Waals surface area contributed by atoms with Crippen LogP contribution in [0.15, 0.2) is 30.5 Å². The van der Waals surface area contributed by atoms with Gasteiger partial charge in [0.2, 0.25) is 0 Å². The highest BCUT2D eigenvalue weighted by Crippen LogP contribution is 2.19. The predicted octanol–water partition coefficient (Wildman–Crippen LogP) is 2.63. The second kappa shape index (κ2) is 4.14. The molecular formula is C11H8INO2. The minimum atomic E-state index is -0.329. The SMILES string of the molecule is COC(=O)c1cccc2ncc(I)cc12. The summed E-state index contributed by atoms with van der Waals surface area (Å²) in [5.74, 6) is -0.329. The third kappa shape index (κ3) is 1.94. The molecule has 0 aliphatic rings. The van der Waals surface area contributed by atoms with E-state index in [-0.39, 0.29) is 5.97 Å². The molecule has 3 nitrogen and oxygen atoms in total. The molecule has 0 amide bonds. The number of aromatic nitrogens is 1. The zero-order chi connectivity index (χ0) is 10.8. The van der Waals surface area contributed by atoms with Gasteiger partial charge in [-0.1, -0.05) is 6.07 Å². The molecule has 15 heavy (non-hydrogen) atoms. The van der Waals surface area contributed by atoms with E-state index in [1.165, 1.54) is 7.11 Å². The normalized spacial score (nSPS) is 10.3. The van der Waals surface area contributed by atoms with Crippen molar-refractivity contribution in [1.29, 1.82) is 0 Å². The maximum atomic E-state index is 11.5. The Kier molecular flexibility index (Phi) is 2.86. The van der Waals surface area contributed by atoms with E-state index in [9.17, 15) is 4.79 Å². The van der Waals surface area contributed by atoms with Gasteiger partial charge < -0.3 is 4.74 Å². The molecule has 4 heteroatoms. The van der Waals surface area contributed by atoms with Crippen LogP contribution in [0.2, 0.25) is 0 Å². The molecule has 0 N–H and O–H groups in total. The Morgan fingerprint density at radius 1 is 1.47 bits per heavy atom. The molecule has 0 atom stereocenters. The minimum Gasteiger partial charge on any atom is -0.465 e. The van der Waals surface area contributed by atoms with Crippen LogP contribution in [0.1, 0.15) is 10.4 Å². The first-order valence-electron chi connectivity index (χ1n) is 4.35. The lowest BCUT2D eigenvalue weighted by molar-refractivity contribution is 0.0603. The van der Waals surface area contributed by atoms with Gasteiger partial charge in [0.05, 0.1) is 18.2 Å². The van der Waals surface area contributed by atoms with Gasteiger partial charge in [-0.15, -0.1) is 0 Å². The molecular weight excluding hydrogens is 305 g/mol. The molecule has 1 aromatic heterocycles. The van der Waals surface area contributed by atoms with E-state index in [0.29, 0.717) is 5.56 Å². The number of methoxy groups -OCH3 is 1. The molecule has 0 unspecified atom stereocenters. The standard InChI is InChI=1S/C11H8INO2/c1-15-11(14)8-3-2-4-10-9(8)5-7(12)6-13-10/h2-6H,1H3. The van der Waals surface area contributed by atoms with Crippen molar-refractivity contribution in [2.75, 3.05) is 7.11 Å². The zero-order valence-corrected chi connectivity index (χ0v) is 10.2. The number of ether oxygens (including phenoxy) is 1. The first-order chi connectivity index (χ1) is 7.22. The van der Waals surface area contributed by atoms with Crippen molar-refractivity contribution in [3.05, 3.63) is 39.6 Å². The molecule has 0 fully saturated rings. The number of hydrogen-bond acceptors (Lipinski definition) is 3. The lowest BCUT2D eigenvalue weighted by Crippen LogP contribution is -2.02. The van der Waals surface area contributed by atoms with Crippen LogP contribution in [-0.4, -0.2) is 18.1 Å². The number of hydrogen-bond donors (Lipinski definition) is 0. The zero-order valence-electron chi connectivity index (χ0n) is 8.03. The smallest absolute Gasteiger partial charge is 0.338 e. The number of nitrogens with zero attached hydrogens (tertiary/aromatic N) is 1. The predicted molar refractivity (Wildman–Crippen MR) is 65.8 cm³/mol. The van der Waals surface area contributed by atoms with Gasteiger partial charge in [-0.2, -0.15) is 0 Å². The molecule has 1 heterocycles. The average Bonchev–Trinajstić information content (AvgIpc) is 2.27. The Bertz CT molecular complexity index is 525. The summed E-state index contributed by atoms with van der Waals surface area (Å²) in [6.45, 7) is 0. The van der Waals surface area contributed by atoms with Gasteiger partial charge in [0.1, 0.15) is 0 Å². The van der Waals surface area contributed by atoms with Crippen LogP contribution >= 0.6 is 22.6 Å². The number of carbonyl (C=O) groups excluding carboxylic acids is 1. The maximum Gasteiger partial charge on any atom is 0.338 e. The van der Waals surface area contributed by atoms with E-state index in [1.54, 1.807) is 18.3 Å². The van der Waals surface area contributed by atoms with Crippen molar-refractivity contribution >= 4 is 39.5 Å². The van der Waals surface area contributed by atoms with Gasteiger partial charge >= 0.3 is 5.97 Å². The van der Waals surface area contributed by atoms with Crippen LogP contribution in [-0.2, 0) is 4.74 Å². The Balaban J connectivity index is 2.74. The number of fused-ring (bicyclic) bond motifs is 1. The van der Waals surface area contributed by atoms with Gasteiger partial charge in [0.15, 0.2) is 0 Å². The van der Waals surface area contributed by atoms with Crippen molar-refractivity contribution in [3.63, 3.8) is 0 Å². The summed E-state index contributed by atoms with van der Waals surface area (Å²) >= 11 is 2.17. The summed E-state index contributed by atoms with van der Waals surface area (Å²) in [5.41, 5.74) is 1.36. The van der Waals surface area contributed by atoms with Gasteiger partial charge in [-0.25, -0.2) is 4.79 Å². The first-order valence-corrected chi connectivity index (χ1v) is 5.43. The van der Waals surface area contributed by atoms with Gasteiger partial charge in [0, 0.05) is 15.2 Å². The second-order valence-corrected chi connectivity index (χ2v) is 4.26.